The SMILES string of the molecule is CC1(C)CCCC(CN2CCCC(O)C2)C1N. The minimum absolute atomic E-state index is 0.114. The van der Waals surface area contributed by atoms with Crippen LogP contribution in [-0.2, 0) is 0 Å². The standard InChI is InChI=1S/C14H28N2O/c1-14(2)7-3-5-11(13(14)15)9-16-8-4-6-12(17)10-16/h11-13,17H,3-10,15H2,1-2H3. The third-order valence-electron chi connectivity index (χ3n) is 4.78. The van der Waals surface area contributed by atoms with Gasteiger partial charge in [-0.15, -0.1) is 0 Å². The van der Waals surface area contributed by atoms with Gasteiger partial charge in [0.15, 0.2) is 0 Å². The average molecular weight is 240 g/mol. The molecule has 2 fully saturated rings. The molecule has 1 heterocycles. The van der Waals surface area contributed by atoms with Crippen molar-refractivity contribution in [2.24, 2.45) is 17.1 Å². The van der Waals surface area contributed by atoms with Crippen molar-refractivity contribution in [3.8, 4) is 0 Å². The van der Waals surface area contributed by atoms with Crippen molar-refractivity contribution in [1.29, 1.82) is 0 Å². The maximum Gasteiger partial charge on any atom is 0.0667 e. The zero-order chi connectivity index (χ0) is 12.5. The third-order valence-corrected chi connectivity index (χ3v) is 4.78. The van der Waals surface area contributed by atoms with Gasteiger partial charge < -0.3 is 15.7 Å². The number of piperidine rings is 1. The van der Waals surface area contributed by atoms with Crippen molar-refractivity contribution in [2.45, 2.75) is 58.1 Å². The monoisotopic (exact) mass is 240 g/mol. The summed E-state index contributed by atoms with van der Waals surface area (Å²) in [5.74, 6) is 0.615. The maximum atomic E-state index is 9.70. The van der Waals surface area contributed by atoms with E-state index in [1.807, 2.05) is 0 Å². The molecule has 0 bridgehead atoms. The molecule has 1 aliphatic carbocycles. The molecule has 0 spiro atoms. The van der Waals surface area contributed by atoms with Crippen LogP contribution in [-0.4, -0.2) is 41.8 Å². The average Bonchev–Trinajstić information content (AvgIpc) is 2.25. The molecule has 100 valence electrons. The molecule has 0 aromatic heterocycles. The third kappa shape index (κ3) is 3.21. The first kappa shape index (κ1) is 13.3. The highest BCUT2D eigenvalue weighted by atomic mass is 16.3. The van der Waals surface area contributed by atoms with Crippen LogP contribution in [0.15, 0.2) is 0 Å². The molecule has 3 nitrogen and oxygen atoms in total. The summed E-state index contributed by atoms with van der Waals surface area (Å²) in [5.41, 5.74) is 6.71. The Labute approximate surface area is 105 Å². The number of nitrogens with zero attached hydrogens (tertiary/aromatic N) is 1. The zero-order valence-corrected chi connectivity index (χ0v) is 11.4. The Hall–Kier alpha value is -0.120. The number of rotatable bonds is 2. The van der Waals surface area contributed by atoms with Crippen molar-refractivity contribution in [2.75, 3.05) is 19.6 Å². The quantitative estimate of drug-likeness (QED) is 0.771. The number of hydrogen-bond donors (Lipinski definition) is 2. The van der Waals surface area contributed by atoms with Crippen LogP contribution in [0.1, 0.15) is 46.0 Å². The summed E-state index contributed by atoms with van der Waals surface area (Å²) >= 11 is 0. The molecule has 0 aromatic carbocycles. The number of nitrogens with two attached hydrogens (primary N) is 1. The molecule has 0 amide bonds. The topological polar surface area (TPSA) is 49.5 Å². The van der Waals surface area contributed by atoms with E-state index < -0.39 is 0 Å². The van der Waals surface area contributed by atoms with Gasteiger partial charge in [-0.3, -0.25) is 0 Å². The van der Waals surface area contributed by atoms with Gasteiger partial charge in [0.25, 0.3) is 0 Å². The van der Waals surface area contributed by atoms with E-state index in [0.29, 0.717) is 12.0 Å². The molecule has 3 N–H and O–H groups in total. The van der Waals surface area contributed by atoms with E-state index in [2.05, 4.69) is 18.7 Å². The van der Waals surface area contributed by atoms with Crippen LogP contribution in [0.2, 0.25) is 0 Å². The normalized spacial score (nSPS) is 39.2. The highest BCUT2D eigenvalue weighted by Gasteiger charge is 2.37. The summed E-state index contributed by atoms with van der Waals surface area (Å²) in [5, 5.41) is 9.70. The van der Waals surface area contributed by atoms with Gasteiger partial charge in [-0.1, -0.05) is 20.3 Å². The first-order valence-corrected chi connectivity index (χ1v) is 7.15. The van der Waals surface area contributed by atoms with Gasteiger partial charge in [-0.2, -0.15) is 0 Å². The highest BCUT2D eigenvalue weighted by molar-refractivity contribution is 4.92. The molecule has 2 rings (SSSR count). The molecular weight excluding hydrogens is 212 g/mol. The first-order chi connectivity index (χ1) is 7.99. The van der Waals surface area contributed by atoms with Crippen LogP contribution >= 0.6 is 0 Å². The van der Waals surface area contributed by atoms with Crippen LogP contribution in [0.25, 0.3) is 0 Å². The lowest BCUT2D eigenvalue weighted by molar-refractivity contribution is 0.0414. The fraction of sp³-hybridized carbons (Fsp3) is 1.00. The lowest BCUT2D eigenvalue weighted by Gasteiger charge is -2.44. The van der Waals surface area contributed by atoms with Gasteiger partial charge in [-0.05, 0) is 43.6 Å². The molecular formula is C14H28N2O. The number of likely N-dealkylation sites (tertiary alicyclic amines) is 1. The minimum Gasteiger partial charge on any atom is -0.392 e. The van der Waals surface area contributed by atoms with Gasteiger partial charge in [0, 0.05) is 19.1 Å². The van der Waals surface area contributed by atoms with Crippen molar-refractivity contribution in [3.05, 3.63) is 0 Å². The number of aliphatic hydroxyl groups is 1. The lowest BCUT2D eigenvalue weighted by atomic mass is 9.68. The minimum atomic E-state index is -0.114. The van der Waals surface area contributed by atoms with E-state index in [9.17, 15) is 5.11 Å². The molecule has 0 radical (unpaired) electrons. The Kier molecular flexibility index (Phi) is 4.11. The van der Waals surface area contributed by atoms with Crippen LogP contribution in [0.5, 0.6) is 0 Å². The summed E-state index contributed by atoms with van der Waals surface area (Å²) in [6, 6.07) is 0.315. The molecule has 1 saturated carbocycles. The van der Waals surface area contributed by atoms with Crippen LogP contribution in [0, 0.1) is 11.3 Å². The van der Waals surface area contributed by atoms with E-state index in [1.54, 1.807) is 0 Å². The molecule has 17 heavy (non-hydrogen) atoms. The van der Waals surface area contributed by atoms with Crippen LogP contribution in [0.3, 0.4) is 0 Å². The van der Waals surface area contributed by atoms with Crippen molar-refractivity contribution >= 4 is 0 Å². The van der Waals surface area contributed by atoms with Crippen LogP contribution in [0.4, 0.5) is 0 Å². The Morgan fingerprint density at radius 3 is 2.76 bits per heavy atom. The Morgan fingerprint density at radius 1 is 1.29 bits per heavy atom. The highest BCUT2D eigenvalue weighted by Crippen LogP contribution is 2.38. The van der Waals surface area contributed by atoms with E-state index in [4.69, 9.17) is 5.73 Å². The largest absolute Gasteiger partial charge is 0.392 e. The van der Waals surface area contributed by atoms with E-state index in [0.717, 1.165) is 32.5 Å². The Bertz CT molecular complexity index is 255. The second kappa shape index (κ2) is 5.25. The van der Waals surface area contributed by atoms with Gasteiger partial charge in [0.2, 0.25) is 0 Å². The van der Waals surface area contributed by atoms with E-state index in [-0.39, 0.29) is 11.5 Å². The van der Waals surface area contributed by atoms with Crippen molar-refractivity contribution in [3.63, 3.8) is 0 Å². The van der Waals surface area contributed by atoms with E-state index in [1.165, 1.54) is 19.3 Å². The van der Waals surface area contributed by atoms with Gasteiger partial charge in [0.05, 0.1) is 6.10 Å². The predicted octanol–water partition coefficient (Wildman–Crippen LogP) is 1.60. The van der Waals surface area contributed by atoms with Gasteiger partial charge in [-0.25, -0.2) is 0 Å². The molecule has 3 heteroatoms. The van der Waals surface area contributed by atoms with Gasteiger partial charge in [0.1, 0.15) is 0 Å². The number of β-amino-alcohol motifs (C(OH)–C–C–N with tert-alkyl or cyclic N) is 1. The fourth-order valence-corrected chi connectivity index (χ4v) is 3.54. The lowest BCUT2D eigenvalue weighted by Crippen LogP contribution is -2.51. The summed E-state index contributed by atoms with van der Waals surface area (Å²) in [6.07, 6.45) is 5.81. The molecule has 0 aromatic rings. The Balaban J connectivity index is 1.89. The predicted molar refractivity (Wildman–Crippen MR) is 70.8 cm³/mol. The zero-order valence-electron chi connectivity index (χ0n) is 11.4. The molecule has 1 saturated heterocycles. The Morgan fingerprint density at radius 2 is 2.06 bits per heavy atom. The smallest absolute Gasteiger partial charge is 0.0667 e. The molecule has 2 aliphatic rings. The molecule has 3 unspecified atom stereocenters. The second-order valence-corrected chi connectivity index (χ2v) is 6.72. The first-order valence-electron chi connectivity index (χ1n) is 7.15. The van der Waals surface area contributed by atoms with Crippen molar-refractivity contribution in [1.82, 2.24) is 4.90 Å². The summed E-state index contributed by atoms with van der Waals surface area (Å²) in [4.78, 5) is 2.42. The maximum absolute atomic E-state index is 9.70. The fourth-order valence-electron chi connectivity index (χ4n) is 3.54. The summed E-state index contributed by atoms with van der Waals surface area (Å²) < 4.78 is 0. The van der Waals surface area contributed by atoms with Gasteiger partial charge >= 0.3 is 0 Å². The van der Waals surface area contributed by atoms with Crippen molar-refractivity contribution < 1.29 is 5.11 Å². The molecule has 3 atom stereocenters. The molecule has 1 aliphatic heterocycles. The summed E-state index contributed by atoms with van der Waals surface area (Å²) in [6.45, 7) is 7.68. The second-order valence-electron chi connectivity index (χ2n) is 6.72. The summed E-state index contributed by atoms with van der Waals surface area (Å²) in [7, 11) is 0. The van der Waals surface area contributed by atoms with E-state index >= 15 is 0 Å². The number of aliphatic hydroxyl groups excluding tert-OH is 1. The number of hydrogen-bond acceptors (Lipinski definition) is 3. The van der Waals surface area contributed by atoms with Crippen LogP contribution < -0.4 is 5.73 Å².